The van der Waals surface area contributed by atoms with Gasteiger partial charge in [0.05, 0.1) is 13.7 Å². The molecule has 0 radical (unpaired) electrons. The number of carbonyl (C=O) groups is 1. The smallest absolute Gasteiger partial charge is 0.409 e. The Labute approximate surface area is 131 Å². The number of benzene rings is 1. The Morgan fingerprint density at radius 2 is 1.95 bits per heavy atom. The molecule has 0 spiro atoms. The number of cyclic esters (lactones) is 1. The lowest BCUT2D eigenvalue weighted by Crippen LogP contribution is -2.48. The molecule has 0 unspecified atom stereocenters. The first-order valence-corrected chi connectivity index (χ1v) is 7.79. The van der Waals surface area contributed by atoms with E-state index in [2.05, 4.69) is 21.9 Å². The number of ether oxygens (including phenoxy) is 2. The zero-order valence-corrected chi connectivity index (χ0v) is 13.0. The molecule has 2 aliphatic heterocycles. The summed E-state index contributed by atoms with van der Waals surface area (Å²) in [4.78, 5) is 18.0. The van der Waals surface area contributed by atoms with Crippen LogP contribution in [0.25, 0.3) is 0 Å². The number of amides is 1. The fourth-order valence-electron chi connectivity index (χ4n) is 2.93. The van der Waals surface area contributed by atoms with Gasteiger partial charge in [-0.2, -0.15) is 0 Å². The van der Waals surface area contributed by atoms with Crippen LogP contribution in [0.3, 0.4) is 0 Å². The number of hydrogen-bond acceptors (Lipinski definition) is 5. The zero-order chi connectivity index (χ0) is 15.4. The van der Waals surface area contributed by atoms with Gasteiger partial charge in [0.1, 0.15) is 12.4 Å². The van der Waals surface area contributed by atoms with Crippen LogP contribution in [0, 0.1) is 0 Å². The molecule has 0 bridgehead atoms. The van der Waals surface area contributed by atoms with Crippen molar-refractivity contribution in [2.45, 2.75) is 0 Å². The van der Waals surface area contributed by atoms with E-state index in [-0.39, 0.29) is 6.09 Å². The van der Waals surface area contributed by atoms with E-state index in [4.69, 9.17) is 9.47 Å². The van der Waals surface area contributed by atoms with E-state index in [0.29, 0.717) is 6.61 Å². The predicted octanol–water partition coefficient (Wildman–Crippen LogP) is 1.27. The van der Waals surface area contributed by atoms with Crippen molar-refractivity contribution >= 4 is 11.8 Å². The summed E-state index contributed by atoms with van der Waals surface area (Å²) in [5, 5.41) is 0. The molecule has 0 N–H and O–H groups in total. The first-order valence-electron chi connectivity index (χ1n) is 7.79. The van der Waals surface area contributed by atoms with E-state index in [1.165, 1.54) is 5.69 Å². The SMILES string of the molecule is COc1cccc(N2CCN(CCN3CCOC3=O)CC2)c1. The molecule has 120 valence electrons. The fraction of sp³-hybridized carbons (Fsp3) is 0.562. The molecule has 1 aromatic carbocycles. The van der Waals surface area contributed by atoms with Crippen molar-refractivity contribution in [3.8, 4) is 5.75 Å². The van der Waals surface area contributed by atoms with Crippen molar-refractivity contribution in [2.75, 3.05) is 64.4 Å². The first kappa shape index (κ1) is 15.0. The van der Waals surface area contributed by atoms with Crippen molar-refractivity contribution in [1.29, 1.82) is 0 Å². The van der Waals surface area contributed by atoms with Crippen LogP contribution in [0.5, 0.6) is 5.75 Å². The van der Waals surface area contributed by atoms with E-state index < -0.39 is 0 Å². The Morgan fingerprint density at radius 3 is 2.64 bits per heavy atom. The van der Waals surface area contributed by atoms with Crippen LogP contribution in [0.15, 0.2) is 24.3 Å². The summed E-state index contributed by atoms with van der Waals surface area (Å²) in [7, 11) is 1.69. The molecule has 2 aliphatic rings. The maximum atomic E-state index is 11.4. The third-order valence-electron chi connectivity index (χ3n) is 4.32. The summed E-state index contributed by atoms with van der Waals surface area (Å²) in [6.45, 7) is 6.96. The van der Waals surface area contributed by atoms with Gasteiger partial charge in [0.25, 0.3) is 0 Å². The van der Waals surface area contributed by atoms with E-state index >= 15 is 0 Å². The molecule has 2 fully saturated rings. The second-order valence-electron chi connectivity index (χ2n) is 5.63. The normalized spacial score (nSPS) is 19.4. The van der Waals surface area contributed by atoms with Gasteiger partial charge in [-0.15, -0.1) is 0 Å². The van der Waals surface area contributed by atoms with Crippen LogP contribution in [-0.2, 0) is 4.74 Å². The molecule has 1 aromatic rings. The lowest BCUT2D eigenvalue weighted by atomic mass is 10.2. The van der Waals surface area contributed by atoms with E-state index in [9.17, 15) is 4.79 Å². The van der Waals surface area contributed by atoms with Gasteiger partial charge in [-0.3, -0.25) is 4.90 Å². The molecule has 22 heavy (non-hydrogen) atoms. The maximum absolute atomic E-state index is 11.4. The molecule has 6 nitrogen and oxygen atoms in total. The molecule has 6 heteroatoms. The van der Waals surface area contributed by atoms with Crippen molar-refractivity contribution in [3.05, 3.63) is 24.3 Å². The molecule has 0 aromatic heterocycles. The first-order chi connectivity index (χ1) is 10.8. The summed E-state index contributed by atoms with van der Waals surface area (Å²) in [5.41, 5.74) is 1.21. The molecular weight excluding hydrogens is 282 g/mol. The highest BCUT2D eigenvalue weighted by molar-refractivity contribution is 5.69. The standard InChI is InChI=1S/C16H23N3O3/c1-21-15-4-2-3-14(13-15)18-8-5-17(6-9-18)7-10-19-11-12-22-16(19)20/h2-4,13H,5-12H2,1H3. The molecular formula is C16H23N3O3. The number of nitrogens with zero attached hydrogens (tertiary/aromatic N) is 3. The van der Waals surface area contributed by atoms with Gasteiger partial charge in [-0.1, -0.05) is 6.07 Å². The Morgan fingerprint density at radius 1 is 1.14 bits per heavy atom. The molecule has 0 aliphatic carbocycles. The predicted molar refractivity (Wildman–Crippen MR) is 84.6 cm³/mol. The minimum Gasteiger partial charge on any atom is -0.497 e. The number of rotatable bonds is 5. The number of methoxy groups -OCH3 is 1. The monoisotopic (exact) mass is 305 g/mol. The Kier molecular flexibility index (Phi) is 4.68. The van der Waals surface area contributed by atoms with Crippen LogP contribution >= 0.6 is 0 Å². The minimum atomic E-state index is -0.171. The average Bonchev–Trinajstić information content (AvgIpc) is 2.98. The van der Waals surface area contributed by atoms with E-state index in [1.54, 1.807) is 12.0 Å². The quantitative estimate of drug-likeness (QED) is 0.820. The Bertz CT molecular complexity index is 515. The highest BCUT2D eigenvalue weighted by Crippen LogP contribution is 2.22. The van der Waals surface area contributed by atoms with Gasteiger partial charge in [-0.05, 0) is 12.1 Å². The van der Waals surface area contributed by atoms with Crippen molar-refractivity contribution < 1.29 is 14.3 Å². The summed E-state index contributed by atoms with van der Waals surface area (Å²) in [6, 6.07) is 8.20. The number of anilines is 1. The van der Waals surface area contributed by atoms with Crippen molar-refractivity contribution in [1.82, 2.24) is 9.80 Å². The van der Waals surface area contributed by atoms with Crippen molar-refractivity contribution in [2.24, 2.45) is 0 Å². The van der Waals surface area contributed by atoms with Crippen LogP contribution in [0.4, 0.5) is 10.5 Å². The number of piperazine rings is 1. The van der Waals surface area contributed by atoms with Gasteiger partial charge >= 0.3 is 6.09 Å². The van der Waals surface area contributed by atoms with Crippen LogP contribution in [-0.4, -0.2) is 75.4 Å². The van der Waals surface area contributed by atoms with Gasteiger partial charge < -0.3 is 19.3 Å². The van der Waals surface area contributed by atoms with Gasteiger partial charge in [-0.25, -0.2) is 4.79 Å². The highest BCUT2D eigenvalue weighted by Gasteiger charge is 2.23. The minimum absolute atomic E-state index is 0.171. The summed E-state index contributed by atoms with van der Waals surface area (Å²) >= 11 is 0. The van der Waals surface area contributed by atoms with Crippen LogP contribution < -0.4 is 9.64 Å². The second kappa shape index (κ2) is 6.87. The maximum Gasteiger partial charge on any atom is 0.409 e. The number of carbonyl (C=O) groups excluding carboxylic acids is 1. The summed E-state index contributed by atoms with van der Waals surface area (Å²) in [5.74, 6) is 0.896. The van der Waals surface area contributed by atoms with Crippen LogP contribution in [0.1, 0.15) is 0 Å². The van der Waals surface area contributed by atoms with Crippen molar-refractivity contribution in [3.63, 3.8) is 0 Å². The summed E-state index contributed by atoms with van der Waals surface area (Å²) < 4.78 is 10.2. The third-order valence-corrected chi connectivity index (χ3v) is 4.32. The molecule has 2 heterocycles. The van der Waals surface area contributed by atoms with E-state index in [1.807, 2.05) is 12.1 Å². The van der Waals surface area contributed by atoms with Crippen LogP contribution in [0.2, 0.25) is 0 Å². The summed E-state index contributed by atoms with van der Waals surface area (Å²) in [6.07, 6.45) is -0.171. The molecule has 0 atom stereocenters. The fourth-order valence-corrected chi connectivity index (χ4v) is 2.93. The lowest BCUT2D eigenvalue weighted by Gasteiger charge is -2.36. The Hall–Kier alpha value is -1.95. The van der Waals surface area contributed by atoms with Gasteiger partial charge in [0.2, 0.25) is 0 Å². The van der Waals surface area contributed by atoms with E-state index in [0.717, 1.165) is 51.6 Å². The molecule has 3 rings (SSSR count). The Balaban J connectivity index is 1.46. The van der Waals surface area contributed by atoms with Gasteiger partial charge in [0.15, 0.2) is 0 Å². The number of hydrogen-bond donors (Lipinski definition) is 0. The average molecular weight is 305 g/mol. The lowest BCUT2D eigenvalue weighted by molar-refractivity contribution is 0.152. The zero-order valence-electron chi connectivity index (χ0n) is 13.0. The largest absolute Gasteiger partial charge is 0.497 e. The van der Waals surface area contributed by atoms with Gasteiger partial charge in [0, 0.05) is 51.0 Å². The molecule has 2 saturated heterocycles. The highest BCUT2D eigenvalue weighted by atomic mass is 16.6. The third kappa shape index (κ3) is 3.44. The topological polar surface area (TPSA) is 45.2 Å². The molecule has 1 amide bonds. The molecule has 0 saturated carbocycles. The second-order valence-corrected chi connectivity index (χ2v) is 5.63.